The van der Waals surface area contributed by atoms with Crippen molar-refractivity contribution in [2.24, 2.45) is 0 Å². The molecule has 0 aromatic heterocycles. The van der Waals surface area contributed by atoms with Crippen LogP contribution in [0.3, 0.4) is 0 Å². The lowest BCUT2D eigenvalue weighted by Crippen LogP contribution is -2.21. The molecule has 0 bridgehead atoms. The standard InChI is InChI=1S/C14H21NO4/c1-15(6-8-17)13-5-4-12(11-18)14(10-13)19-9-3-2-7-16/h4-5,10-11,16-17H,2-3,6-9H2,1H3. The molecule has 0 unspecified atom stereocenters. The lowest BCUT2D eigenvalue weighted by molar-refractivity contribution is 0.111. The molecule has 0 atom stereocenters. The normalized spacial score (nSPS) is 10.3. The molecule has 1 rings (SSSR count). The van der Waals surface area contributed by atoms with Crippen LogP contribution in [0.25, 0.3) is 0 Å². The van der Waals surface area contributed by atoms with E-state index in [0.29, 0.717) is 30.9 Å². The van der Waals surface area contributed by atoms with Gasteiger partial charge in [0.05, 0.1) is 18.8 Å². The molecule has 1 aromatic rings. The van der Waals surface area contributed by atoms with Crippen molar-refractivity contribution in [2.45, 2.75) is 12.8 Å². The third kappa shape index (κ3) is 4.89. The number of carbonyl (C=O) groups is 1. The van der Waals surface area contributed by atoms with E-state index in [9.17, 15) is 4.79 Å². The minimum absolute atomic E-state index is 0.0681. The van der Waals surface area contributed by atoms with E-state index >= 15 is 0 Å². The number of aliphatic hydroxyl groups excluding tert-OH is 2. The number of ether oxygens (including phenoxy) is 1. The summed E-state index contributed by atoms with van der Waals surface area (Å²) in [7, 11) is 1.86. The van der Waals surface area contributed by atoms with E-state index in [2.05, 4.69) is 0 Å². The van der Waals surface area contributed by atoms with Gasteiger partial charge in [0.2, 0.25) is 0 Å². The number of hydrogen-bond donors (Lipinski definition) is 2. The molecule has 0 saturated carbocycles. The monoisotopic (exact) mass is 267 g/mol. The van der Waals surface area contributed by atoms with Crippen LogP contribution >= 0.6 is 0 Å². The van der Waals surface area contributed by atoms with E-state index in [0.717, 1.165) is 18.4 Å². The van der Waals surface area contributed by atoms with Crippen LogP contribution in [0.15, 0.2) is 18.2 Å². The van der Waals surface area contributed by atoms with Gasteiger partial charge in [-0.25, -0.2) is 0 Å². The summed E-state index contributed by atoms with van der Waals surface area (Å²) in [6.07, 6.45) is 2.18. The topological polar surface area (TPSA) is 70.0 Å². The van der Waals surface area contributed by atoms with E-state index in [1.807, 2.05) is 18.0 Å². The van der Waals surface area contributed by atoms with Crippen molar-refractivity contribution in [3.05, 3.63) is 23.8 Å². The Morgan fingerprint density at radius 2 is 2.05 bits per heavy atom. The lowest BCUT2D eigenvalue weighted by atomic mass is 10.2. The van der Waals surface area contributed by atoms with Gasteiger partial charge in [0, 0.05) is 32.0 Å². The Morgan fingerprint density at radius 3 is 2.68 bits per heavy atom. The minimum Gasteiger partial charge on any atom is -0.493 e. The lowest BCUT2D eigenvalue weighted by Gasteiger charge is -2.19. The maximum Gasteiger partial charge on any atom is 0.153 e. The second-order valence-electron chi connectivity index (χ2n) is 4.26. The van der Waals surface area contributed by atoms with Crippen LogP contribution < -0.4 is 9.64 Å². The number of nitrogens with zero attached hydrogens (tertiary/aromatic N) is 1. The van der Waals surface area contributed by atoms with Crippen LogP contribution in [0.5, 0.6) is 5.75 Å². The molecule has 2 N–H and O–H groups in total. The minimum atomic E-state index is 0.0681. The number of rotatable bonds is 9. The fourth-order valence-electron chi connectivity index (χ4n) is 1.66. The zero-order chi connectivity index (χ0) is 14.1. The van der Waals surface area contributed by atoms with Crippen LogP contribution in [0.1, 0.15) is 23.2 Å². The summed E-state index contributed by atoms with van der Waals surface area (Å²) in [5, 5.41) is 17.6. The van der Waals surface area contributed by atoms with Gasteiger partial charge in [-0.3, -0.25) is 4.79 Å². The first-order valence-corrected chi connectivity index (χ1v) is 6.37. The van der Waals surface area contributed by atoms with Crippen LogP contribution in [-0.2, 0) is 0 Å². The molecule has 0 saturated heterocycles. The van der Waals surface area contributed by atoms with Crippen molar-refractivity contribution in [2.75, 3.05) is 38.3 Å². The molecule has 19 heavy (non-hydrogen) atoms. The number of anilines is 1. The summed E-state index contributed by atoms with van der Waals surface area (Å²) in [5.41, 5.74) is 1.39. The highest BCUT2D eigenvalue weighted by Gasteiger charge is 2.07. The van der Waals surface area contributed by atoms with Crippen molar-refractivity contribution in [1.82, 2.24) is 0 Å². The van der Waals surface area contributed by atoms with Gasteiger partial charge in [0.25, 0.3) is 0 Å². The fraction of sp³-hybridized carbons (Fsp3) is 0.500. The largest absolute Gasteiger partial charge is 0.493 e. The summed E-state index contributed by atoms with van der Waals surface area (Å²) >= 11 is 0. The Kier molecular flexibility index (Phi) is 6.92. The molecule has 106 valence electrons. The third-order valence-electron chi connectivity index (χ3n) is 2.81. The van der Waals surface area contributed by atoms with Crippen LogP contribution in [0.2, 0.25) is 0 Å². The van der Waals surface area contributed by atoms with Crippen molar-refractivity contribution in [3.8, 4) is 5.75 Å². The van der Waals surface area contributed by atoms with E-state index in [1.54, 1.807) is 12.1 Å². The van der Waals surface area contributed by atoms with Gasteiger partial charge in [0.15, 0.2) is 6.29 Å². The van der Waals surface area contributed by atoms with E-state index in [-0.39, 0.29) is 13.2 Å². The number of likely N-dealkylation sites (N-methyl/N-ethyl adjacent to an activating group) is 1. The molecule has 5 nitrogen and oxygen atoms in total. The molecule has 0 aliphatic rings. The molecular formula is C14H21NO4. The maximum atomic E-state index is 10.9. The SMILES string of the molecule is CN(CCO)c1ccc(C=O)c(OCCCCO)c1. The second kappa shape index (κ2) is 8.50. The number of carbonyl (C=O) groups excluding carboxylic acids is 1. The number of unbranched alkanes of at least 4 members (excludes halogenated alkanes) is 1. The van der Waals surface area contributed by atoms with Crippen molar-refractivity contribution in [3.63, 3.8) is 0 Å². The zero-order valence-electron chi connectivity index (χ0n) is 11.2. The first kappa shape index (κ1) is 15.5. The Balaban J connectivity index is 2.74. The summed E-state index contributed by atoms with van der Waals surface area (Å²) in [5.74, 6) is 0.537. The Labute approximate surface area is 113 Å². The zero-order valence-corrected chi connectivity index (χ0v) is 11.2. The molecule has 0 spiro atoms. The van der Waals surface area contributed by atoms with Gasteiger partial charge < -0.3 is 19.8 Å². The molecule has 0 heterocycles. The van der Waals surface area contributed by atoms with Crippen LogP contribution in [0.4, 0.5) is 5.69 Å². The Bertz CT molecular complexity index is 395. The predicted octanol–water partition coefficient (Wildman–Crippen LogP) is 1.08. The van der Waals surface area contributed by atoms with Gasteiger partial charge in [-0.1, -0.05) is 0 Å². The summed E-state index contributed by atoms with van der Waals surface area (Å²) in [6, 6.07) is 5.32. The molecule has 1 aromatic carbocycles. The fourth-order valence-corrected chi connectivity index (χ4v) is 1.66. The second-order valence-corrected chi connectivity index (χ2v) is 4.26. The molecule has 0 aliphatic carbocycles. The summed E-state index contributed by atoms with van der Waals surface area (Å²) in [4.78, 5) is 12.8. The van der Waals surface area contributed by atoms with Gasteiger partial charge >= 0.3 is 0 Å². The molecule has 5 heteroatoms. The highest BCUT2D eigenvalue weighted by atomic mass is 16.5. The summed E-state index contributed by atoms with van der Waals surface area (Å²) < 4.78 is 5.57. The molecule has 0 fully saturated rings. The first-order chi connectivity index (χ1) is 9.22. The number of aldehydes is 1. The highest BCUT2D eigenvalue weighted by Crippen LogP contribution is 2.24. The number of hydrogen-bond acceptors (Lipinski definition) is 5. The van der Waals surface area contributed by atoms with Gasteiger partial charge in [-0.05, 0) is 25.0 Å². The third-order valence-corrected chi connectivity index (χ3v) is 2.81. The molecular weight excluding hydrogens is 246 g/mol. The quantitative estimate of drug-likeness (QED) is 0.517. The average Bonchev–Trinajstić information content (AvgIpc) is 2.43. The van der Waals surface area contributed by atoms with E-state index < -0.39 is 0 Å². The Hall–Kier alpha value is -1.59. The van der Waals surface area contributed by atoms with Crippen LogP contribution in [-0.4, -0.2) is 49.9 Å². The maximum absolute atomic E-state index is 10.9. The van der Waals surface area contributed by atoms with Gasteiger partial charge in [0.1, 0.15) is 5.75 Å². The number of benzene rings is 1. The summed E-state index contributed by atoms with van der Waals surface area (Å²) in [6.45, 7) is 1.20. The predicted molar refractivity (Wildman–Crippen MR) is 74.0 cm³/mol. The van der Waals surface area contributed by atoms with Gasteiger partial charge in [-0.15, -0.1) is 0 Å². The van der Waals surface area contributed by atoms with E-state index in [4.69, 9.17) is 14.9 Å². The molecule has 0 aliphatic heterocycles. The first-order valence-electron chi connectivity index (χ1n) is 6.37. The van der Waals surface area contributed by atoms with Gasteiger partial charge in [-0.2, -0.15) is 0 Å². The molecule has 0 radical (unpaired) electrons. The van der Waals surface area contributed by atoms with Crippen molar-refractivity contribution in [1.29, 1.82) is 0 Å². The van der Waals surface area contributed by atoms with E-state index in [1.165, 1.54) is 0 Å². The highest BCUT2D eigenvalue weighted by molar-refractivity contribution is 5.80. The number of aliphatic hydroxyl groups is 2. The van der Waals surface area contributed by atoms with Crippen molar-refractivity contribution >= 4 is 12.0 Å². The molecule has 0 amide bonds. The Morgan fingerprint density at radius 1 is 1.26 bits per heavy atom. The van der Waals surface area contributed by atoms with Crippen molar-refractivity contribution < 1.29 is 19.7 Å². The smallest absolute Gasteiger partial charge is 0.153 e. The van der Waals surface area contributed by atoms with Crippen LogP contribution in [0, 0.1) is 0 Å². The average molecular weight is 267 g/mol.